The minimum absolute atomic E-state index is 0.283. The zero-order chi connectivity index (χ0) is 18.2. The van der Waals surface area contributed by atoms with Crippen molar-refractivity contribution in [2.24, 2.45) is 0 Å². The predicted octanol–water partition coefficient (Wildman–Crippen LogP) is 0.747. The first-order valence-electron chi connectivity index (χ1n) is 8.04. The smallest absolute Gasteiger partial charge is 0.325 e. The molecule has 1 saturated heterocycles. The van der Waals surface area contributed by atoms with Gasteiger partial charge in [-0.05, 0) is 31.5 Å². The van der Waals surface area contributed by atoms with Crippen molar-refractivity contribution in [1.29, 1.82) is 0 Å². The predicted molar refractivity (Wildman–Crippen MR) is 88.2 cm³/mol. The van der Waals surface area contributed by atoms with E-state index in [1.807, 2.05) is 18.2 Å². The number of ether oxygens (including phenoxy) is 2. The molecule has 2 aliphatic rings. The van der Waals surface area contributed by atoms with Gasteiger partial charge in [0.05, 0.1) is 0 Å². The van der Waals surface area contributed by atoms with Crippen molar-refractivity contribution in [3.8, 4) is 11.5 Å². The Hall–Kier alpha value is -2.77. The van der Waals surface area contributed by atoms with E-state index in [9.17, 15) is 14.4 Å². The molecule has 134 valence electrons. The van der Waals surface area contributed by atoms with E-state index in [4.69, 9.17) is 9.47 Å². The number of hydrogen-bond acceptors (Lipinski definition) is 5. The SMILES string of the molecule is CN(Cc1ccc2c(c1)OCCO2)C(=O)CN1C(=O)NC(C)(C)C1=O. The van der Waals surface area contributed by atoms with E-state index in [2.05, 4.69) is 5.32 Å². The molecule has 0 atom stereocenters. The summed E-state index contributed by atoms with van der Waals surface area (Å²) in [5, 5.41) is 2.56. The van der Waals surface area contributed by atoms with E-state index in [1.165, 1.54) is 4.90 Å². The van der Waals surface area contributed by atoms with E-state index >= 15 is 0 Å². The molecular formula is C17H21N3O5. The maximum atomic E-state index is 12.4. The molecule has 1 N–H and O–H groups in total. The number of amides is 4. The molecule has 0 radical (unpaired) electrons. The van der Waals surface area contributed by atoms with Crippen LogP contribution >= 0.6 is 0 Å². The highest BCUT2D eigenvalue weighted by molar-refractivity contribution is 6.08. The summed E-state index contributed by atoms with van der Waals surface area (Å²) in [5.41, 5.74) is -0.108. The fourth-order valence-corrected chi connectivity index (χ4v) is 2.77. The molecule has 0 saturated carbocycles. The number of fused-ring (bicyclic) bond motifs is 1. The van der Waals surface area contributed by atoms with Crippen molar-refractivity contribution < 1.29 is 23.9 Å². The lowest BCUT2D eigenvalue weighted by Gasteiger charge is -2.22. The van der Waals surface area contributed by atoms with Crippen molar-refractivity contribution in [3.63, 3.8) is 0 Å². The van der Waals surface area contributed by atoms with E-state index in [0.717, 1.165) is 10.5 Å². The Balaban J connectivity index is 1.63. The Bertz CT molecular complexity index is 731. The first kappa shape index (κ1) is 17.1. The van der Waals surface area contributed by atoms with Gasteiger partial charge in [-0.25, -0.2) is 4.79 Å². The number of nitrogens with one attached hydrogen (secondary N) is 1. The van der Waals surface area contributed by atoms with E-state index in [0.29, 0.717) is 31.3 Å². The van der Waals surface area contributed by atoms with Crippen LogP contribution in [0.5, 0.6) is 11.5 Å². The number of carbonyl (C=O) groups is 3. The second-order valence-electron chi connectivity index (χ2n) is 6.67. The van der Waals surface area contributed by atoms with Gasteiger partial charge in [-0.3, -0.25) is 14.5 Å². The molecule has 1 fully saturated rings. The zero-order valence-electron chi connectivity index (χ0n) is 14.5. The van der Waals surface area contributed by atoms with Gasteiger partial charge in [0.15, 0.2) is 11.5 Å². The average Bonchev–Trinajstić information content (AvgIpc) is 2.76. The summed E-state index contributed by atoms with van der Waals surface area (Å²) in [7, 11) is 1.63. The van der Waals surface area contributed by atoms with Crippen LogP contribution in [0.3, 0.4) is 0 Å². The average molecular weight is 347 g/mol. The van der Waals surface area contributed by atoms with Crippen molar-refractivity contribution in [2.45, 2.75) is 25.9 Å². The monoisotopic (exact) mass is 347 g/mol. The lowest BCUT2D eigenvalue weighted by atomic mass is 10.1. The van der Waals surface area contributed by atoms with Gasteiger partial charge in [0, 0.05) is 13.6 Å². The third-order valence-corrected chi connectivity index (χ3v) is 4.19. The number of urea groups is 1. The standard InChI is InChI=1S/C17H21N3O5/c1-17(2)15(22)20(16(23)18-17)10-14(21)19(3)9-11-4-5-12-13(8-11)25-7-6-24-12/h4-5,8H,6-7,9-10H2,1-3H3,(H,18,23). The third kappa shape index (κ3) is 3.38. The molecule has 2 aliphatic heterocycles. The molecule has 8 nitrogen and oxygen atoms in total. The highest BCUT2D eigenvalue weighted by atomic mass is 16.6. The van der Waals surface area contributed by atoms with Crippen molar-refractivity contribution in [1.82, 2.24) is 15.1 Å². The lowest BCUT2D eigenvalue weighted by Crippen LogP contribution is -2.43. The Labute approximate surface area is 145 Å². The van der Waals surface area contributed by atoms with Gasteiger partial charge in [0.25, 0.3) is 5.91 Å². The number of imide groups is 1. The Morgan fingerprint density at radius 1 is 1.24 bits per heavy atom. The molecule has 1 aromatic rings. The number of benzene rings is 1. The van der Waals surface area contributed by atoms with Gasteiger partial charge >= 0.3 is 6.03 Å². The first-order chi connectivity index (χ1) is 11.8. The zero-order valence-corrected chi connectivity index (χ0v) is 14.5. The van der Waals surface area contributed by atoms with Gasteiger partial charge in [0.2, 0.25) is 5.91 Å². The Kier molecular flexibility index (Phi) is 4.28. The summed E-state index contributed by atoms with van der Waals surface area (Å²) in [6.45, 7) is 4.28. The molecule has 0 aromatic heterocycles. The largest absolute Gasteiger partial charge is 0.486 e. The second-order valence-corrected chi connectivity index (χ2v) is 6.67. The van der Waals surface area contributed by atoms with Crippen molar-refractivity contribution >= 4 is 17.8 Å². The summed E-state index contributed by atoms with van der Waals surface area (Å²) >= 11 is 0. The minimum atomic E-state index is -0.980. The van der Waals surface area contributed by atoms with E-state index in [1.54, 1.807) is 20.9 Å². The molecule has 0 aliphatic carbocycles. The number of nitrogens with zero attached hydrogens (tertiary/aromatic N) is 2. The lowest BCUT2D eigenvalue weighted by molar-refractivity contribution is -0.138. The van der Waals surface area contributed by atoms with E-state index in [-0.39, 0.29) is 12.5 Å². The van der Waals surface area contributed by atoms with Crippen LogP contribution in [-0.2, 0) is 16.1 Å². The normalized spacial score (nSPS) is 18.1. The molecule has 0 bridgehead atoms. The highest BCUT2D eigenvalue weighted by Gasteiger charge is 2.45. The summed E-state index contributed by atoms with van der Waals surface area (Å²) in [6, 6.07) is 4.95. The molecule has 1 aromatic carbocycles. The van der Waals surface area contributed by atoms with Crippen LogP contribution in [0.1, 0.15) is 19.4 Å². The first-order valence-corrected chi connectivity index (χ1v) is 8.04. The summed E-state index contributed by atoms with van der Waals surface area (Å²) in [6.07, 6.45) is 0. The summed E-state index contributed by atoms with van der Waals surface area (Å²) < 4.78 is 11.0. The van der Waals surface area contributed by atoms with Crippen molar-refractivity contribution in [2.75, 3.05) is 26.8 Å². The van der Waals surface area contributed by atoms with Gasteiger partial charge in [0.1, 0.15) is 25.3 Å². The van der Waals surface area contributed by atoms with Crippen LogP contribution in [0.2, 0.25) is 0 Å². The molecular weight excluding hydrogens is 326 g/mol. The van der Waals surface area contributed by atoms with Crippen LogP contribution in [-0.4, -0.2) is 60.0 Å². The second kappa shape index (κ2) is 6.27. The highest BCUT2D eigenvalue weighted by Crippen LogP contribution is 2.31. The molecule has 0 unspecified atom stereocenters. The molecule has 0 spiro atoms. The summed E-state index contributed by atoms with van der Waals surface area (Å²) in [4.78, 5) is 38.8. The van der Waals surface area contributed by atoms with Crippen LogP contribution in [0.25, 0.3) is 0 Å². The van der Waals surface area contributed by atoms with Gasteiger partial charge in [-0.15, -0.1) is 0 Å². The van der Waals surface area contributed by atoms with Gasteiger partial charge in [-0.2, -0.15) is 0 Å². The van der Waals surface area contributed by atoms with E-state index < -0.39 is 17.5 Å². The molecule has 8 heteroatoms. The van der Waals surface area contributed by atoms with Crippen LogP contribution < -0.4 is 14.8 Å². The maximum Gasteiger partial charge on any atom is 0.325 e. The summed E-state index contributed by atoms with van der Waals surface area (Å²) in [5.74, 6) is 0.612. The van der Waals surface area contributed by atoms with Crippen LogP contribution in [0, 0.1) is 0 Å². The fraction of sp³-hybridized carbons (Fsp3) is 0.471. The molecule has 3 rings (SSSR count). The maximum absolute atomic E-state index is 12.4. The number of hydrogen-bond donors (Lipinski definition) is 1. The Morgan fingerprint density at radius 2 is 1.92 bits per heavy atom. The number of likely N-dealkylation sites (N-methyl/N-ethyl adjacent to an activating group) is 1. The topological polar surface area (TPSA) is 88.2 Å². The minimum Gasteiger partial charge on any atom is -0.486 e. The van der Waals surface area contributed by atoms with Crippen molar-refractivity contribution in [3.05, 3.63) is 23.8 Å². The fourth-order valence-electron chi connectivity index (χ4n) is 2.77. The van der Waals surface area contributed by atoms with Crippen LogP contribution in [0.15, 0.2) is 18.2 Å². The molecule has 4 amide bonds. The number of carbonyl (C=O) groups excluding carboxylic acids is 3. The molecule has 25 heavy (non-hydrogen) atoms. The van der Waals surface area contributed by atoms with Gasteiger partial charge < -0.3 is 19.7 Å². The molecule has 2 heterocycles. The van der Waals surface area contributed by atoms with Crippen LogP contribution in [0.4, 0.5) is 4.79 Å². The Morgan fingerprint density at radius 3 is 2.56 bits per heavy atom. The van der Waals surface area contributed by atoms with Gasteiger partial charge in [-0.1, -0.05) is 6.07 Å². The quantitative estimate of drug-likeness (QED) is 0.812. The third-order valence-electron chi connectivity index (χ3n) is 4.19. The number of rotatable bonds is 4.